The molecule has 120 valence electrons. The Kier molecular flexibility index (Phi) is 5.24. The molecule has 23 heavy (non-hydrogen) atoms. The number of carbonyl (C=O) groups is 2. The first-order valence-corrected chi connectivity index (χ1v) is 7.28. The molecule has 1 amide bonds. The number of benzene rings is 2. The lowest BCUT2D eigenvalue weighted by Gasteiger charge is -2.27. The largest absolute Gasteiger partial charge is 0.497 e. The van der Waals surface area contributed by atoms with E-state index in [-0.39, 0.29) is 0 Å². The van der Waals surface area contributed by atoms with Crippen LogP contribution in [-0.2, 0) is 4.79 Å². The minimum atomic E-state index is -1.09. The molecule has 0 fully saturated rings. The van der Waals surface area contributed by atoms with E-state index in [2.05, 4.69) is 0 Å². The Morgan fingerprint density at radius 3 is 2.13 bits per heavy atom. The van der Waals surface area contributed by atoms with Gasteiger partial charge in [0.05, 0.1) is 7.11 Å². The molecule has 1 N–H and O–H groups in total. The zero-order valence-electron chi connectivity index (χ0n) is 12.7. The van der Waals surface area contributed by atoms with Crippen LogP contribution in [0.3, 0.4) is 0 Å². The van der Waals surface area contributed by atoms with Gasteiger partial charge in [-0.1, -0.05) is 11.6 Å². The number of carboxylic acids is 1. The highest BCUT2D eigenvalue weighted by Gasteiger charge is 2.28. The van der Waals surface area contributed by atoms with E-state index in [1.165, 1.54) is 18.9 Å². The zero-order valence-corrected chi connectivity index (χ0v) is 13.4. The lowest BCUT2D eigenvalue weighted by atomic mass is 10.1. The van der Waals surface area contributed by atoms with Crippen LogP contribution in [0.5, 0.6) is 5.75 Å². The zero-order chi connectivity index (χ0) is 17.0. The maximum Gasteiger partial charge on any atom is 0.326 e. The molecule has 0 aliphatic rings. The predicted molar refractivity (Wildman–Crippen MR) is 88.4 cm³/mol. The van der Waals surface area contributed by atoms with Crippen molar-refractivity contribution >= 4 is 29.2 Å². The Labute approximate surface area is 139 Å². The number of halogens is 1. The third-order valence-electron chi connectivity index (χ3n) is 3.41. The average Bonchev–Trinajstić information content (AvgIpc) is 2.56. The molecule has 5 nitrogen and oxygen atoms in total. The first kappa shape index (κ1) is 16.8. The van der Waals surface area contributed by atoms with Gasteiger partial charge in [-0.05, 0) is 55.5 Å². The van der Waals surface area contributed by atoms with Gasteiger partial charge in [-0.15, -0.1) is 0 Å². The molecule has 1 unspecified atom stereocenters. The van der Waals surface area contributed by atoms with E-state index in [9.17, 15) is 14.7 Å². The van der Waals surface area contributed by atoms with Gasteiger partial charge in [0, 0.05) is 16.3 Å². The maximum absolute atomic E-state index is 12.7. The number of rotatable bonds is 5. The maximum atomic E-state index is 12.7. The van der Waals surface area contributed by atoms with Crippen LogP contribution in [0.4, 0.5) is 5.69 Å². The Morgan fingerprint density at radius 1 is 1.09 bits per heavy atom. The summed E-state index contributed by atoms with van der Waals surface area (Å²) in [6, 6.07) is 11.9. The molecule has 0 radical (unpaired) electrons. The molecular weight excluding hydrogens is 318 g/mol. The first-order chi connectivity index (χ1) is 10.9. The third kappa shape index (κ3) is 3.81. The van der Waals surface area contributed by atoms with E-state index in [4.69, 9.17) is 16.3 Å². The van der Waals surface area contributed by atoms with Gasteiger partial charge in [-0.2, -0.15) is 0 Å². The molecule has 0 saturated heterocycles. The van der Waals surface area contributed by atoms with Gasteiger partial charge in [0.25, 0.3) is 5.91 Å². The second kappa shape index (κ2) is 7.15. The molecule has 0 saturated carbocycles. The van der Waals surface area contributed by atoms with Gasteiger partial charge in [-0.25, -0.2) is 4.79 Å². The van der Waals surface area contributed by atoms with Gasteiger partial charge >= 0.3 is 5.97 Å². The monoisotopic (exact) mass is 333 g/mol. The smallest absolute Gasteiger partial charge is 0.326 e. The van der Waals surface area contributed by atoms with Crippen molar-refractivity contribution in [3.05, 3.63) is 59.1 Å². The minimum absolute atomic E-state index is 0.360. The van der Waals surface area contributed by atoms with Crippen LogP contribution in [0.1, 0.15) is 17.3 Å². The van der Waals surface area contributed by atoms with Gasteiger partial charge < -0.3 is 9.84 Å². The van der Waals surface area contributed by atoms with E-state index in [1.807, 2.05) is 0 Å². The van der Waals surface area contributed by atoms with E-state index >= 15 is 0 Å². The molecule has 0 aliphatic heterocycles. The van der Waals surface area contributed by atoms with Crippen LogP contribution in [-0.4, -0.2) is 30.1 Å². The molecule has 0 aromatic heterocycles. The van der Waals surface area contributed by atoms with Gasteiger partial charge in [0.1, 0.15) is 11.8 Å². The second-order valence-electron chi connectivity index (χ2n) is 4.89. The van der Waals surface area contributed by atoms with Gasteiger partial charge in [0.2, 0.25) is 0 Å². The molecular formula is C17H16ClNO4. The van der Waals surface area contributed by atoms with Crippen molar-refractivity contribution in [1.29, 1.82) is 0 Å². The number of anilines is 1. The Bertz CT molecular complexity index is 698. The summed E-state index contributed by atoms with van der Waals surface area (Å²) in [6.45, 7) is 1.46. The van der Waals surface area contributed by atoms with Gasteiger partial charge in [-0.3, -0.25) is 9.69 Å². The van der Waals surface area contributed by atoms with Crippen molar-refractivity contribution in [3.63, 3.8) is 0 Å². The Hall–Kier alpha value is -2.53. The van der Waals surface area contributed by atoms with Crippen molar-refractivity contribution < 1.29 is 19.4 Å². The van der Waals surface area contributed by atoms with Crippen LogP contribution in [0, 0.1) is 0 Å². The standard InChI is InChI=1S/C17H16ClNO4/c1-11(17(21)22)19(14-7-9-15(23-2)10-8-14)16(20)12-3-5-13(18)6-4-12/h3-11H,1-2H3,(H,21,22). The number of nitrogens with zero attached hydrogens (tertiary/aromatic N) is 1. The number of carbonyl (C=O) groups excluding carboxylic acids is 1. The summed E-state index contributed by atoms with van der Waals surface area (Å²) in [5, 5.41) is 9.82. The SMILES string of the molecule is COc1ccc(N(C(=O)c2ccc(Cl)cc2)C(C)C(=O)O)cc1. The van der Waals surface area contributed by atoms with Crippen molar-refractivity contribution in [2.75, 3.05) is 12.0 Å². The lowest BCUT2D eigenvalue weighted by Crippen LogP contribution is -2.43. The molecule has 2 aromatic rings. The molecule has 2 rings (SSSR count). The number of aliphatic carboxylic acids is 1. The third-order valence-corrected chi connectivity index (χ3v) is 3.66. The summed E-state index contributed by atoms with van der Waals surface area (Å²) in [4.78, 5) is 25.4. The van der Waals surface area contributed by atoms with Crippen LogP contribution < -0.4 is 9.64 Å². The van der Waals surface area contributed by atoms with Crippen molar-refractivity contribution in [2.45, 2.75) is 13.0 Å². The van der Waals surface area contributed by atoms with Crippen LogP contribution >= 0.6 is 11.6 Å². The number of amides is 1. The summed E-state index contributed by atoms with van der Waals surface area (Å²) in [6.07, 6.45) is 0. The summed E-state index contributed by atoms with van der Waals surface area (Å²) in [5.74, 6) is -0.888. The van der Waals surface area contributed by atoms with Crippen LogP contribution in [0.15, 0.2) is 48.5 Å². The summed E-state index contributed by atoms with van der Waals surface area (Å²) in [7, 11) is 1.53. The number of methoxy groups -OCH3 is 1. The van der Waals surface area contributed by atoms with Gasteiger partial charge in [0.15, 0.2) is 0 Å². The molecule has 0 spiro atoms. The fourth-order valence-electron chi connectivity index (χ4n) is 2.10. The summed E-state index contributed by atoms with van der Waals surface area (Å²) >= 11 is 5.83. The fourth-order valence-corrected chi connectivity index (χ4v) is 2.23. The minimum Gasteiger partial charge on any atom is -0.497 e. The highest BCUT2D eigenvalue weighted by Crippen LogP contribution is 2.24. The first-order valence-electron chi connectivity index (χ1n) is 6.90. The van der Waals surface area contributed by atoms with E-state index in [0.29, 0.717) is 22.0 Å². The molecule has 1 atom stereocenters. The molecule has 6 heteroatoms. The fraction of sp³-hybridized carbons (Fsp3) is 0.176. The molecule has 0 heterocycles. The quantitative estimate of drug-likeness (QED) is 0.909. The van der Waals surface area contributed by atoms with Crippen molar-refractivity contribution in [1.82, 2.24) is 0 Å². The number of ether oxygens (including phenoxy) is 1. The van der Waals surface area contributed by atoms with Crippen LogP contribution in [0.2, 0.25) is 5.02 Å². The van der Waals surface area contributed by atoms with E-state index in [1.54, 1.807) is 48.5 Å². The molecule has 2 aromatic carbocycles. The number of hydrogen-bond acceptors (Lipinski definition) is 3. The average molecular weight is 334 g/mol. The highest BCUT2D eigenvalue weighted by molar-refractivity contribution is 6.30. The highest BCUT2D eigenvalue weighted by atomic mass is 35.5. The summed E-state index contributed by atoms with van der Waals surface area (Å²) in [5.41, 5.74) is 0.832. The Morgan fingerprint density at radius 2 is 1.65 bits per heavy atom. The Balaban J connectivity index is 2.42. The second-order valence-corrected chi connectivity index (χ2v) is 5.33. The van der Waals surface area contributed by atoms with E-state index < -0.39 is 17.9 Å². The lowest BCUT2D eigenvalue weighted by molar-refractivity contribution is -0.138. The van der Waals surface area contributed by atoms with Crippen molar-refractivity contribution in [3.8, 4) is 5.75 Å². The van der Waals surface area contributed by atoms with Crippen molar-refractivity contribution in [2.24, 2.45) is 0 Å². The number of carboxylic acid groups (broad SMARTS) is 1. The predicted octanol–water partition coefficient (Wildman–Crippen LogP) is 3.47. The summed E-state index contributed by atoms with van der Waals surface area (Å²) < 4.78 is 5.08. The normalized spacial score (nSPS) is 11.6. The number of hydrogen-bond donors (Lipinski definition) is 1. The van der Waals surface area contributed by atoms with Crippen LogP contribution in [0.25, 0.3) is 0 Å². The topological polar surface area (TPSA) is 66.8 Å². The molecule has 0 aliphatic carbocycles. The molecule has 0 bridgehead atoms. The van der Waals surface area contributed by atoms with E-state index in [0.717, 1.165) is 0 Å².